The third kappa shape index (κ3) is 6.24. The van der Waals surface area contributed by atoms with Crippen LogP contribution in [0.4, 0.5) is 0 Å². The molecule has 0 atom stereocenters. The average Bonchev–Trinajstić information content (AvgIpc) is 2.74. The monoisotopic (exact) mass is 443 g/mol. The van der Waals surface area contributed by atoms with Gasteiger partial charge < -0.3 is 14.2 Å². The number of carbonyl (C=O) groups excluding carboxylic acids is 1. The molecule has 0 radical (unpaired) electrons. The van der Waals surface area contributed by atoms with Gasteiger partial charge in [0.2, 0.25) is 5.88 Å². The van der Waals surface area contributed by atoms with E-state index in [9.17, 15) is 4.79 Å². The van der Waals surface area contributed by atoms with Gasteiger partial charge in [0, 0.05) is 12.5 Å². The van der Waals surface area contributed by atoms with Crippen molar-refractivity contribution in [1.82, 2.24) is 4.98 Å². The minimum absolute atomic E-state index is 0.0859. The molecule has 1 heterocycles. The first-order valence-electron chi connectivity index (χ1n) is 9.13. The fourth-order valence-corrected chi connectivity index (χ4v) is 3.02. The molecule has 7 heteroatoms. The lowest BCUT2D eigenvalue weighted by Crippen LogP contribution is -2.15. The second-order valence-electron chi connectivity index (χ2n) is 6.20. The molecule has 0 unspecified atom stereocenters. The van der Waals surface area contributed by atoms with Crippen molar-refractivity contribution in [2.24, 2.45) is 0 Å². The van der Waals surface area contributed by atoms with E-state index in [1.54, 1.807) is 36.4 Å². The average molecular weight is 444 g/mol. The summed E-state index contributed by atoms with van der Waals surface area (Å²) in [6, 6.07) is 19.9. The fourth-order valence-electron chi connectivity index (χ4n) is 2.51. The lowest BCUT2D eigenvalue weighted by molar-refractivity contribution is -0.134. The summed E-state index contributed by atoms with van der Waals surface area (Å²) in [6.07, 6.45) is 0.656. The summed E-state index contributed by atoms with van der Waals surface area (Å²) in [5.41, 5.74) is 1.64. The lowest BCUT2D eigenvalue weighted by Gasteiger charge is -2.11. The van der Waals surface area contributed by atoms with Crippen molar-refractivity contribution in [3.05, 3.63) is 100 Å². The highest BCUT2D eigenvalue weighted by molar-refractivity contribution is 6.37. The van der Waals surface area contributed by atoms with Gasteiger partial charge in [-0.2, -0.15) is 0 Å². The van der Waals surface area contributed by atoms with Crippen molar-refractivity contribution in [1.29, 1.82) is 0 Å². The molecule has 30 heavy (non-hydrogen) atoms. The molecule has 0 spiro atoms. The Bertz CT molecular complexity index is 1000. The highest BCUT2D eigenvalue weighted by atomic mass is 35.5. The van der Waals surface area contributed by atoms with E-state index in [2.05, 4.69) is 11.6 Å². The number of benzene rings is 2. The van der Waals surface area contributed by atoms with Gasteiger partial charge in [-0.15, -0.1) is 0 Å². The zero-order valence-electron chi connectivity index (χ0n) is 16.0. The summed E-state index contributed by atoms with van der Waals surface area (Å²) in [4.78, 5) is 16.4. The quantitative estimate of drug-likeness (QED) is 0.243. The van der Waals surface area contributed by atoms with Gasteiger partial charge in [0.1, 0.15) is 6.61 Å². The van der Waals surface area contributed by atoms with Crippen LogP contribution in [0.2, 0.25) is 10.0 Å². The van der Waals surface area contributed by atoms with E-state index in [0.717, 1.165) is 5.56 Å². The Morgan fingerprint density at radius 1 is 0.933 bits per heavy atom. The predicted molar refractivity (Wildman–Crippen MR) is 116 cm³/mol. The number of hydrogen-bond donors (Lipinski definition) is 0. The van der Waals surface area contributed by atoms with Gasteiger partial charge in [0.25, 0.3) is 0 Å². The van der Waals surface area contributed by atoms with Crippen molar-refractivity contribution in [3.8, 4) is 11.6 Å². The number of para-hydroxylation sites is 1. The maximum atomic E-state index is 12.2. The smallest absolute Gasteiger partial charge is 0.379 e. The van der Waals surface area contributed by atoms with Crippen molar-refractivity contribution in [2.45, 2.75) is 13.0 Å². The molecule has 1 aromatic heterocycles. The molecule has 0 saturated carbocycles. The Labute approximate surface area is 184 Å². The summed E-state index contributed by atoms with van der Waals surface area (Å²) in [5, 5.41) is 0.795. The zero-order valence-corrected chi connectivity index (χ0v) is 17.5. The molecule has 5 nitrogen and oxygen atoms in total. The molecule has 0 aliphatic heterocycles. The second-order valence-corrected chi connectivity index (χ2v) is 7.02. The number of pyridine rings is 1. The van der Waals surface area contributed by atoms with Crippen LogP contribution >= 0.6 is 23.2 Å². The van der Waals surface area contributed by atoms with Crippen molar-refractivity contribution in [3.63, 3.8) is 0 Å². The SMILES string of the molecule is C=C(OCCc1ccccc1)C(=O)Oc1cccc(COc2c(Cl)cccc2Cl)n1. The van der Waals surface area contributed by atoms with Crippen molar-refractivity contribution < 1.29 is 19.0 Å². The van der Waals surface area contributed by atoms with E-state index in [1.807, 2.05) is 30.3 Å². The minimum atomic E-state index is -0.706. The largest absolute Gasteiger partial charge is 0.487 e. The van der Waals surface area contributed by atoms with E-state index in [-0.39, 0.29) is 18.2 Å². The first-order chi connectivity index (χ1) is 14.5. The number of carbonyl (C=O) groups is 1. The molecule has 154 valence electrons. The van der Waals surface area contributed by atoms with Gasteiger partial charge in [-0.05, 0) is 30.3 Å². The molecule has 0 amide bonds. The molecule has 3 aromatic rings. The lowest BCUT2D eigenvalue weighted by atomic mass is 10.2. The van der Waals surface area contributed by atoms with Crippen LogP contribution in [-0.2, 0) is 22.6 Å². The Hall–Kier alpha value is -3.02. The maximum Gasteiger partial charge on any atom is 0.379 e. The molecule has 3 rings (SSSR count). The molecule has 0 N–H and O–H groups in total. The zero-order chi connectivity index (χ0) is 21.3. The van der Waals surface area contributed by atoms with Gasteiger partial charge in [0.15, 0.2) is 11.5 Å². The number of halogens is 2. The Kier molecular flexibility index (Phi) is 7.71. The van der Waals surface area contributed by atoms with Crippen molar-refractivity contribution >= 4 is 29.2 Å². The highest BCUT2D eigenvalue weighted by Crippen LogP contribution is 2.32. The second kappa shape index (κ2) is 10.7. The third-order valence-corrected chi connectivity index (χ3v) is 4.59. The van der Waals surface area contributed by atoms with Crippen LogP contribution in [0.3, 0.4) is 0 Å². The Balaban J connectivity index is 1.51. The van der Waals surface area contributed by atoms with Gasteiger partial charge in [-0.3, -0.25) is 0 Å². The van der Waals surface area contributed by atoms with E-state index in [1.165, 1.54) is 0 Å². The van der Waals surface area contributed by atoms with E-state index >= 15 is 0 Å². The van der Waals surface area contributed by atoms with E-state index in [4.69, 9.17) is 37.4 Å². The molecule has 0 aliphatic carbocycles. The van der Waals surface area contributed by atoms with Gasteiger partial charge in [-0.1, -0.05) is 65.7 Å². The number of esters is 1. The number of hydrogen-bond acceptors (Lipinski definition) is 5. The topological polar surface area (TPSA) is 57.7 Å². The first-order valence-corrected chi connectivity index (χ1v) is 9.89. The molecule has 0 aliphatic rings. The first kappa shape index (κ1) is 21.7. The molecular formula is C23H19Cl2NO4. The summed E-state index contributed by atoms with van der Waals surface area (Å²) in [6.45, 7) is 4.04. The van der Waals surface area contributed by atoms with Crippen LogP contribution in [0.15, 0.2) is 79.1 Å². The van der Waals surface area contributed by atoms with Gasteiger partial charge in [0.05, 0.1) is 22.3 Å². The summed E-state index contributed by atoms with van der Waals surface area (Å²) in [7, 11) is 0. The van der Waals surface area contributed by atoms with Crippen LogP contribution in [-0.4, -0.2) is 17.6 Å². The Morgan fingerprint density at radius 3 is 2.37 bits per heavy atom. The molecule has 0 saturated heterocycles. The molecule has 0 bridgehead atoms. The third-order valence-electron chi connectivity index (χ3n) is 4.00. The number of rotatable bonds is 9. The van der Waals surface area contributed by atoms with Crippen LogP contribution < -0.4 is 9.47 Å². The van der Waals surface area contributed by atoms with Gasteiger partial charge in [-0.25, -0.2) is 9.78 Å². The normalized spacial score (nSPS) is 10.3. The highest BCUT2D eigenvalue weighted by Gasteiger charge is 2.13. The fraction of sp³-hybridized carbons (Fsp3) is 0.130. The van der Waals surface area contributed by atoms with Crippen LogP contribution in [0.25, 0.3) is 0 Å². The number of nitrogens with zero attached hydrogens (tertiary/aromatic N) is 1. The predicted octanol–water partition coefficient (Wildman–Crippen LogP) is 5.65. The van der Waals surface area contributed by atoms with E-state index < -0.39 is 5.97 Å². The molecule has 2 aromatic carbocycles. The standard InChI is InChI=1S/C23H19Cl2NO4/c1-16(28-14-13-17-7-3-2-4-8-17)23(27)30-21-12-5-9-18(26-21)15-29-22-19(24)10-6-11-20(22)25/h2-12H,1,13-15H2. The maximum absolute atomic E-state index is 12.2. The molecule has 0 fully saturated rings. The minimum Gasteiger partial charge on any atom is -0.487 e. The van der Waals surface area contributed by atoms with Crippen LogP contribution in [0.5, 0.6) is 11.6 Å². The van der Waals surface area contributed by atoms with Gasteiger partial charge >= 0.3 is 5.97 Å². The van der Waals surface area contributed by atoms with Crippen LogP contribution in [0.1, 0.15) is 11.3 Å². The summed E-state index contributed by atoms with van der Waals surface area (Å²) in [5.74, 6) is -0.315. The van der Waals surface area contributed by atoms with Crippen molar-refractivity contribution in [2.75, 3.05) is 6.61 Å². The van der Waals surface area contributed by atoms with Crippen LogP contribution in [0, 0.1) is 0 Å². The number of ether oxygens (including phenoxy) is 3. The number of aromatic nitrogens is 1. The summed E-state index contributed by atoms with van der Waals surface area (Å²) >= 11 is 12.2. The summed E-state index contributed by atoms with van der Waals surface area (Å²) < 4.78 is 16.3. The van der Waals surface area contributed by atoms with E-state index in [0.29, 0.717) is 34.5 Å². The Morgan fingerprint density at radius 2 is 1.63 bits per heavy atom. The molecular weight excluding hydrogens is 425 g/mol.